The molecule has 0 atom stereocenters. The van der Waals surface area contributed by atoms with Crippen molar-refractivity contribution >= 4 is 26.5 Å². The minimum atomic E-state index is -2.19. The van der Waals surface area contributed by atoms with Gasteiger partial charge in [-0.25, -0.2) is 0 Å². The molecule has 0 aliphatic carbocycles. The van der Waals surface area contributed by atoms with E-state index in [0.717, 1.165) is 0 Å². The maximum absolute atomic E-state index is 8.93. The number of carbonyl (C=O) groups excluding carboxylic acids is 2. The summed E-state index contributed by atoms with van der Waals surface area (Å²) in [5, 5.41) is 17.9. The third kappa shape index (κ3) is 30.4. The Morgan fingerprint density at radius 2 is 0.591 bits per heavy atom. The second kappa shape index (κ2) is 32.7. The van der Waals surface area contributed by atoms with Crippen LogP contribution in [0, 0.1) is 0 Å². The summed E-state index contributed by atoms with van der Waals surface area (Å²) < 4.78 is 0. The quantitative estimate of drug-likeness (QED) is 0.0719. The maximum atomic E-state index is 8.93. The molecule has 6 nitrogen and oxygen atoms in total. The van der Waals surface area contributed by atoms with Gasteiger partial charge in [0.1, 0.15) is 0 Å². The zero-order valence-corrected chi connectivity index (χ0v) is 33.2. The number of carboxylic acids is 2. The van der Waals surface area contributed by atoms with E-state index in [-0.39, 0.29) is 0 Å². The Hall–Kier alpha value is -0.280. The molecule has 0 bridgehead atoms. The van der Waals surface area contributed by atoms with Gasteiger partial charge in [0.2, 0.25) is 0 Å². The van der Waals surface area contributed by atoms with Gasteiger partial charge in [0.15, 0.2) is 0 Å². The molecule has 0 aromatic heterocycles. The van der Waals surface area contributed by atoms with E-state index in [1.54, 1.807) is 49.3 Å². The van der Waals surface area contributed by atoms with Gasteiger partial charge in [0.05, 0.1) is 61.2 Å². The monoisotopic (exact) mass is 665 g/mol. The molecule has 0 saturated carbocycles. The average molecular weight is 665 g/mol. The van der Waals surface area contributed by atoms with Crippen LogP contribution in [0.25, 0.3) is 0 Å². The molecule has 0 aliphatic rings. The molecule has 0 aromatic carbocycles. The highest BCUT2D eigenvalue weighted by atomic mass is 31.2. The van der Waals surface area contributed by atoms with Crippen LogP contribution in [0.3, 0.4) is 0 Å². The molecule has 0 rings (SSSR count). The molecular formula is C36H78N2O4P2. The van der Waals surface area contributed by atoms with E-state index < -0.39 is 26.5 Å². The lowest BCUT2D eigenvalue weighted by Crippen LogP contribution is -2.42. The Kier molecular flexibility index (Phi) is 35.7. The molecule has 0 aromatic rings. The van der Waals surface area contributed by atoms with Gasteiger partial charge < -0.3 is 29.6 Å². The van der Waals surface area contributed by atoms with E-state index in [9.17, 15) is 0 Å². The minimum absolute atomic E-state index is 0.629. The largest absolute Gasteiger partial charge is 0.543 e. The smallest absolute Gasteiger partial charge is 0.0870 e. The summed E-state index contributed by atoms with van der Waals surface area (Å²) in [4.78, 5) is 22.6. The number of unbranched alkanes of at least 4 members (excludes halogenated alkanes) is 6. The lowest BCUT2D eigenvalue weighted by Gasteiger charge is -2.28. The number of carboxylic acid groups (broad SMARTS) is 2. The van der Waals surface area contributed by atoms with Crippen LogP contribution in [0.15, 0.2) is 0 Å². The molecule has 44 heavy (non-hydrogen) atoms. The predicted octanol–water partition coefficient (Wildman–Crippen LogP) is 7.20. The molecule has 266 valence electrons. The van der Waals surface area contributed by atoms with Gasteiger partial charge in [-0.3, -0.25) is 0 Å². The Balaban J connectivity index is -0.000000644. The molecule has 0 spiro atoms. The molecular weight excluding hydrogens is 586 g/mol. The van der Waals surface area contributed by atoms with Gasteiger partial charge in [-0.1, -0.05) is 80.1 Å². The molecule has 0 aliphatic heterocycles. The third-order valence-corrected chi connectivity index (χ3v) is 18.7. The first kappa shape index (κ1) is 48.1. The van der Waals surface area contributed by atoms with Crippen molar-refractivity contribution in [1.29, 1.82) is 0 Å². The van der Waals surface area contributed by atoms with Crippen LogP contribution < -0.4 is 10.2 Å². The van der Waals surface area contributed by atoms with E-state index in [1.165, 1.54) is 103 Å². The number of hydrogen-bond donors (Lipinski definition) is 0. The highest BCUT2D eigenvalue weighted by Gasteiger charge is 2.35. The fourth-order valence-electron chi connectivity index (χ4n) is 5.75. The fourth-order valence-corrected chi connectivity index (χ4v) is 16.0. The Morgan fingerprint density at radius 1 is 0.409 bits per heavy atom. The Bertz CT molecular complexity index is 550. The standard InChI is InChI=1S/2C17H39NP.C2H2O4/c2*1-6-9-14-19(15-10-7-2,16-11-8-3)17-12-13-18(4)5;3-1(4)2(5)6/h2*6-17H2,1-5H3;(H,3,4)(H,5,6)/q2*+1;/p-2. The average Bonchev–Trinajstić information content (AvgIpc) is 2.98. The number of aliphatic carboxylic acids is 2. The molecule has 0 amide bonds. The zero-order valence-electron chi connectivity index (χ0n) is 31.4. The van der Waals surface area contributed by atoms with Gasteiger partial charge in [-0.2, -0.15) is 0 Å². The lowest BCUT2D eigenvalue weighted by molar-refractivity contribution is -0.345. The van der Waals surface area contributed by atoms with Gasteiger partial charge in [0, 0.05) is 27.6 Å². The highest BCUT2D eigenvalue weighted by Crippen LogP contribution is 2.62. The van der Waals surface area contributed by atoms with Gasteiger partial charge in [-0.05, 0) is 79.6 Å². The summed E-state index contributed by atoms with van der Waals surface area (Å²) in [5.74, 6) is -4.37. The topological polar surface area (TPSA) is 86.7 Å². The summed E-state index contributed by atoms with van der Waals surface area (Å²) in [7, 11) is 7.59. The molecule has 0 fully saturated rings. The molecule has 0 N–H and O–H groups in total. The lowest BCUT2D eigenvalue weighted by atomic mass is 10.4. The van der Waals surface area contributed by atoms with Crippen molar-refractivity contribution in [3.63, 3.8) is 0 Å². The first-order valence-corrected chi connectivity index (χ1v) is 23.3. The predicted molar refractivity (Wildman–Crippen MR) is 199 cm³/mol. The summed E-state index contributed by atoms with van der Waals surface area (Å²) in [6.45, 7) is 16.7. The molecule has 0 heterocycles. The van der Waals surface area contributed by atoms with Crippen molar-refractivity contribution in [3.8, 4) is 0 Å². The van der Waals surface area contributed by atoms with Crippen molar-refractivity contribution in [2.24, 2.45) is 0 Å². The molecule has 8 heteroatoms. The van der Waals surface area contributed by atoms with Crippen LogP contribution >= 0.6 is 14.5 Å². The van der Waals surface area contributed by atoms with E-state index >= 15 is 0 Å². The third-order valence-electron chi connectivity index (χ3n) is 8.56. The number of hydrogen-bond acceptors (Lipinski definition) is 6. The second-order valence-corrected chi connectivity index (χ2v) is 22.4. The first-order valence-electron chi connectivity index (χ1n) is 18.3. The van der Waals surface area contributed by atoms with Crippen LogP contribution in [0.2, 0.25) is 0 Å². The molecule has 0 saturated heterocycles. The summed E-state index contributed by atoms with van der Waals surface area (Å²) in [6, 6.07) is 0. The SMILES string of the molecule is CCCC[P+](CCCC)(CCCC)CCCN(C)C.CCCC[P+](CCCC)(CCCC)CCCN(C)C.O=C([O-])C(=O)[O-]. The maximum Gasteiger partial charge on any atom is 0.0870 e. The first-order chi connectivity index (χ1) is 20.8. The van der Waals surface area contributed by atoms with E-state index in [0.29, 0.717) is 0 Å². The Morgan fingerprint density at radius 3 is 0.727 bits per heavy atom. The van der Waals surface area contributed by atoms with Crippen LogP contribution in [-0.4, -0.2) is 112 Å². The van der Waals surface area contributed by atoms with Gasteiger partial charge in [-0.15, -0.1) is 0 Å². The van der Waals surface area contributed by atoms with Crippen molar-refractivity contribution in [1.82, 2.24) is 9.80 Å². The van der Waals surface area contributed by atoms with Crippen LogP contribution in [0.4, 0.5) is 0 Å². The normalized spacial score (nSPS) is 11.6. The number of rotatable bonds is 26. The summed E-state index contributed by atoms with van der Waals surface area (Å²) >= 11 is 0. The number of carbonyl (C=O) groups is 2. The van der Waals surface area contributed by atoms with Crippen LogP contribution in [0.1, 0.15) is 131 Å². The van der Waals surface area contributed by atoms with Crippen molar-refractivity contribution in [3.05, 3.63) is 0 Å². The zero-order chi connectivity index (χ0) is 34.3. The van der Waals surface area contributed by atoms with Crippen LogP contribution in [0.5, 0.6) is 0 Å². The fraction of sp³-hybridized carbons (Fsp3) is 0.944. The van der Waals surface area contributed by atoms with Crippen molar-refractivity contribution in [2.75, 3.05) is 90.6 Å². The van der Waals surface area contributed by atoms with Crippen LogP contribution in [-0.2, 0) is 9.59 Å². The number of nitrogens with zero attached hydrogens (tertiary/aromatic N) is 2. The van der Waals surface area contributed by atoms with E-state index in [1.807, 2.05) is 0 Å². The Labute approximate surface area is 277 Å². The molecule has 0 radical (unpaired) electrons. The van der Waals surface area contributed by atoms with Crippen molar-refractivity contribution in [2.45, 2.75) is 131 Å². The highest BCUT2D eigenvalue weighted by molar-refractivity contribution is 7.76. The van der Waals surface area contributed by atoms with E-state index in [2.05, 4.69) is 79.5 Å². The van der Waals surface area contributed by atoms with Crippen molar-refractivity contribution < 1.29 is 19.8 Å². The van der Waals surface area contributed by atoms with Gasteiger partial charge in [0.25, 0.3) is 0 Å². The van der Waals surface area contributed by atoms with Gasteiger partial charge >= 0.3 is 0 Å². The second-order valence-electron chi connectivity index (χ2n) is 13.5. The summed E-state index contributed by atoms with van der Waals surface area (Å²) in [5.41, 5.74) is 0. The minimum Gasteiger partial charge on any atom is -0.543 e. The summed E-state index contributed by atoms with van der Waals surface area (Å²) in [6.07, 6.45) is 32.6. The molecule has 0 unspecified atom stereocenters. The van der Waals surface area contributed by atoms with E-state index in [4.69, 9.17) is 19.8 Å².